The van der Waals surface area contributed by atoms with Crippen LogP contribution < -0.4 is 0 Å². The molecule has 2 aliphatic rings. The number of ether oxygens (including phenoxy) is 2. The lowest BCUT2D eigenvalue weighted by atomic mass is 9.72. The molecule has 0 aliphatic heterocycles. The Kier molecular flexibility index (Phi) is 9.53. The quantitative estimate of drug-likeness (QED) is 0.225. The van der Waals surface area contributed by atoms with Crippen LogP contribution in [0.5, 0.6) is 0 Å². The van der Waals surface area contributed by atoms with Crippen LogP contribution in [0.3, 0.4) is 0 Å². The number of esters is 2. The van der Waals surface area contributed by atoms with E-state index in [-0.39, 0.29) is 17.4 Å². The lowest BCUT2D eigenvalue weighted by Crippen LogP contribution is -2.29. The first-order chi connectivity index (χ1) is 13.4. The molecule has 0 bridgehead atoms. The second-order valence-corrected chi connectivity index (χ2v) is 9.48. The van der Waals surface area contributed by atoms with Crippen molar-refractivity contribution in [3.8, 4) is 0 Å². The SMILES string of the molecule is CC(C)COC(=O)C(C(=O)OCC(C)C)=C(C1CCCCC1)C1CCCCC1. The molecule has 0 spiro atoms. The summed E-state index contributed by atoms with van der Waals surface area (Å²) in [5.41, 5.74) is 1.31. The normalized spacial score (nSPS) is 18.9. The number of carbonyl (C=O) groups excluding carboxylic acids is 2. The molecule has 160 valence electrons. The topological polar surface area (TPSA) is 52.6 Å². The number of hydrogen-bond acceptors (Lipinski definition) is 4. The van der Waals surface area contributed by atoms with Gasteiger partial charge in [0.05, 0.1) is 13.2 Å². The zero-order chi connectivity index (χ0) is 20.5. The van der Waals surface area contributed by atoms with Gasteiger partial charge in [0.1, 0.15) is 5.57 Å². The summed E-state index contributed by atoms with van der Waals surface area (Å²) in [6, 6.07) is 0. The van der Waals surface area contributed by atoms with E-state index in [1.165, 1.54) is 38.5 Å². The highest BCUT2D eigenvalue weighted by molar-refractivity contribution is 6.15. The number of allylic oxidation sites excluding steroid dienone is 1. The van der Waals surface area contributed by atoms with E-state index < -0.39 is 11.9 Å². The van der Waals surface area contributed by atoms with Gasteiger partial charge in [-0.2, -0.15) is 0 Å². The fourth-order valence-electron chi connectivity index (χ4n) is 4.52. The van der Waals surface area contributed by atoms with Gasteiger partial charge in [0.2, 0.25) is 0 Å². The molecule has 0 heterocycles. The first kappa shape index (κ1) is 23.0. The largest absolute Gasteiger partial charge is 0.462 e. The van der Waals surface area contributed by atoms with Crippen LogP contribution in [0.4, 0.5) is 0 Å². The molecule has 0 radical (unpaired) electrons. The van der Waals surface area contributed by atoms with Gasteiger partial charge in [0, 0.05) is 0 Å². The summed E-state index contributed by atoms with van der Waals surface area (Å²) in [6.45, 7) is 8.71. The van der Waals surface area contributed by atoms with Crippen molar-refractivity contribution in [3.05, 3.63) is 11.1 Å². The van der Waals surface area contributed by atoms with Crippen molar-refractivity contribution in [2.75, 3.05) is 13.2 Å². The Morgan fingerprint density at radius 2 is 1.04 bits per heavy atom. The molecule has 0 saturated heterocycles. The Balaban J connectivity index is 2.39. The smallest absolute Gasteiger partial charge is 0.345 e. The van der Waals surface area contributed by atoms with Crippen LogP contribution in [0.1, 0.15) is 91.9 Å². The highest BCUT2D eigenvalue weighted by atomic mass is 16.6. The molecule has 2 saturated carbocycles. The van der Waals surface area contributed by atoms with Crippen LogP contribution in [0.15, 0.2) is 11.1 Å². The molecule has 2 fully saturated rings. The summed E-state index contributed by atoms with van der Waals surface area (Å²) in [6.07, 6.45) is 11.5. The van der Waals surface area contributed by atoms with Gasteiger partial charge in [0.25, 0.3) is 0 Å². The Bertz CT molecular complexity index is 489. The molecule has 0 unspecified atom stereocenters. The molecule has 0 N–H and O–H groups in total. The van der Waals surface area contributed by atoms with Crippen molar-refractivity contribution >= 4 is 11.9 Å². The molecule has 28 heavy (non-hydrogen) atoms. The molecule has 0 aromatic heterocycles. The van der Waals surface area contributed by atoms with E-state index in [1.807, 2.05) is 27.7 Å². The van der Waals surface area contributed by atoms with Crippen LogP contribution >= 0.6 is 0 Å². The highest BCUT2D eigenvalue weighted by Gasteiger charge is 2.35. The van der Waals surface area contributed by atoms with E-state index in [0.717, 1.165) is 31.3 Å². The van der Waals surface area contributed by atoms with Gasteiger partial charge in [-0.15, -0.1) is 0 Å². The van der Waals surface area contributed by atoms with Gasteiger partial charge in [-0.25, -0.2) is 9.59 Å². The van der Waals surface area contributed by atoms with Gasteiger partial charge in [-0.3, -0.25) is 0 Å². The summed E-state index contributed by atoms with van der Waals surface area (Å²) in [4.78, 5) is 26.2. The summed E-state index contributed by atoms with van der Waals surface area (Å²) in [5, 5.41) is 0. The Morgan fingerprint density at radius 1 is 0.679 bits per heavy atom. The maximum Gasteiger partial charge on any atom is 0.345 e. The van der Waals surface area contributed by atoms with Crippen molar-refractivity contribution in [1.29, 1.82) is 0 Å². The van der Waals surface area contributed by atoms with E-state index in [9.17, 15) is 9.59 Å². The predicted octanol–water partition coefficient (Wildman–Crippen LogP) is 5.84. The van der Waals surface area contributed by atoms with Gasteiger partial charge in [-0.05, 0) is 54.9 Å². The van der Waals surface area contributed by atoms with Crippen molar-refractivity contribution in [2.45, 2.75) is 91.9 Å². The summed E-state index contributed by atoms with van der Waals surface area (Å²) >= 11 is 0. The fourth-order valence-corrected chi connectivity index (χ4v) is 4.52. The van der Waals surface area contributed by atoms with Crippen LogP contribution in [0.2, 0.25) is 0 Å². The summed E-state index contributed by atoms with van der Waals surface area (Å²) in [7, 11) is 0. The Labute approximate surface area is 171 Å². The third kappa shape index (κ3) is 6.93. The molecule has 0 aromatic carbocycles. The maximum absolute atomic E-state index is 13.1. The predicted molar refractivity (Wildman–Crippen MR) is 112 cm³/mol. The van der Waals surface area contributed by atoms with E-state index in [1.54, 1.807) is 0 Å². The lowest BCUT2D eigenvalue weighted by molar-refractivity contribution is -0.148. The summed E-state index contributed by atoms with van der Waals surface area (Å²) < 4.78 is 11.1. The van der Waals surface area contributed by atoms with Gasteiger partial charge >= 0.3 is 11.9 Å². The molecule has 0 aromatic rings. The zero-order valence-corrected chi connectivity index (χ0v) is 18.4. The first-order valence-electron chi connectivity index (χ1n) is 11.5. The van der Waals surface area contributed by atoms with Gasteiger partial charge in [-0.1, -0.05) is 66.2 Å². The molecular formula is C24H40O4. The maximum atomic E-state index is 13.1. The Morgan fingerprint density at radius 3 is 1.36 bits per heavy atom. The molecule has 0 atom stereocenters. The first-order valence-corrected chi connectivity index (χ1v) is 11.5. The van der Waals surface area contributed by atoms with Gasteiger partial charge < -0.3 is 9.47 Å². The monoisotopic (exact) mass is 392 g/mol. The van der Waals surface area contributed by atoms with Crippen molar-refractivity contribution in [1.82, 2.24) is 0 Å². The van der Waals surface area contributed by atoms with E-state index in [2.05, 4.69) is 0 Å². The second kappa shape index (κ2) is 11.6. The fraction of sp³-hybridized carbons (Fsp3) is 0.833. The minimum atomic E-state index is -0.464. The second-order valence-electron chi connectivity index (χ2n) is 9.48. The Hall–Kier alpha value is -1.32. The van der Waals surface area contributed by atoms with Crippen molar-refractivity contribution < 1.29 is 19.1 Å². The van der Waals surface area contributed by atoms with E-state index >= 15 is 0 Å². The van der Waals surface area contributed by atoms with E-state index in [0.29, 0.717) is 25.0 Å². The van der Waals surface area contributed by atoms with Crippen molar-refractivity contribution in [3.63, 3.8) is 0 Å². The molecule has 2 rings (SSSR count). The van der Waals surface area contributed by atoms with Crippen molar-refractivity contribution in [2.24, 2.45) is 23.7 Å². The highest BCUT2D eigenvalue weighted by Crippen LogP contribution is 2.41. The van der Waals surface area contributed by atoms with E-state index in [4.69, 9.17) is 9.47 Å². The van der Waals surface area contributed by atoms with Crippen LogP contribution in [0.25, 0.3) is 0 Å². The standard InChI is InChI=1S/C24H40O4/c1-17(2)15-27-23(25)22(24(26)28-16-18(3)4)21(19-11-7-5-8-12-19)20-13-9-6-10-14-20/h17-20H,5-16H2,1-4H3. The molecule has 4 heteroatoms. The average Bonchev–Trinajstić information content (AvgIpc) is 2.69. The van der Waals surface area contributed by atoms with Gasteiger partial charge in [0.15, 0.2) is 0 Å². The number of rotatable bonds is 8. The molecule has 4 nitrogen and oxygen atoms in total. The molecule has 2 aliphatic carbocycles. The minimum Gasteiger partial charge on any atom is -0.462 e. The summed E-state index contributed by atoms with van der Waals surface area (Å²) in [5.74, 6) is 0.201. The lowest BCUT2D eigenvalue weighted by Gasteiger charge is -2.33. The average molecular weight is 393 g/mol. The van der Waals surface area contributed by atoms with Crippen LogP contribution in [0, 0.1) is 23.7 Å². The molecule has 0 amide bonds. The third-order valence-electron chi connectivity index (χ3n) is 5.88. The number of carbonyl (C=O) groups is 2. The minimum absolute atomic E-state index is 0.236. The molecular weight excluding hydrogens is 352 g/mol. The third-order valence-corrected chi connectivity index (χ3v) is 5.88. The number of hydrogen-bond donors (Lipinski definition) is 0. The van der Waals surface area contributed by atoms with Crippen LogP contribution in [-0.2, 0) is 19.1 Å². The van der Waals surface area contributed by atoms with Crippen LogP contribution in [-0.4, -0.2) is 25.2 Å². The zero-order valence-electron chi connectivity index (χ0n) is 18.4.